The molecule has 1 atom stereocenters. The Morgan fingerprint density at radius 2 is 1.87 bits per heavy atom. The van der Waals surface area contributed by atoms with E-state index in [1.165, 1.54) is 36.4 Å². The van der Waals surface area contributed by atoms with Gasteiger partial charge in [0, 0.05) is 23.0 Å². The Hall–Kier alpha value is -5.21. The molecule has 228 valence electrons. The fraction of sp³-hybridized carbons (Fsp3) is 0.235. The van der Waals surface area contributed by atoms with E-state index in [1.807, 2.05) is 10.6 Å². The highest BCUT2D eigenvalue weighted by molar-refractivity contribution is 5.92. The topological polar surface area (TPSA) is 110 Å². The third kappa shape index (κ3) is 5.84. The molecule has 1 aliphatic rings. The Morgan fingerprint density at radius 3 is 2.56 bits per heavy atom. The largest absolute Gasteiger partial charge is 0.478 e. The van der Waals surface area contributed by atoms with Gasteiger partial charge in [-0.1, -0.05) is 26.0 Å². The molecule has 1 N–H and O–H groups in total. The Labute approximate surface area is 256 Å². The number of halogens is 3. The second kappa shape index (κ2) is 11.7. The number of fused-ring (bicyclic) bond motifs is 1. The summed E-state index contributed by atoms with van der Waals surface area (Å²) in [6.07, 6.45) is 0.252. The van der Waals surface area contributed by atoms with E-state index in [0.717, 1.165) is 12.1 Å². The van der Waals surface area contributed by atoms with Gasteiger partial charge in [0.05, 0.1) is 53.2 Å². The van der Waals surface area contributed by atoms with Crippen molar-refractivity contribution in [3.8, 4) is 23.2 Å². The first-order valence-electron chi connectivity index (χ1n) is 14.1. The van der Waals surface area contributed by atoms with Crippen molar-refractivity contribution in [2.75, 3.05) is 13.2 Å². The third-order valence-corrected chi connectivity index (χ3v) is 8.01. The summed E-state index contributed by atoms with van der Waals surface area (Å²) in [5, 5.41) is 18.5. The number of nitriles is 1. The van der Waals surface area contributed by atoms with Gasteiger partial charge >= 0.3 is 5.97 Å². The van der Waals surface area contributed by atoms with Crippen LogP contribution < -0.4 is 4.74 Å². The molecule has 0 amide bonds. The van der Waals surface area contributed by atoms with E-state index in [4.69, 9.17) is 19.7 Å². The number of aromatic nitrogens is 3. The van der Waals surface area contributed by atoms with E-state index in [-0.39, 0.29) is 52.4 Å². The summed E-state index contributed by atoms with van der Waals surface area (Å²) in [4.78, 5) is 20.6. The van der Waals surface area contributed by atoms with Crippen molar-refractivity contribution in [2.24, 2.45) is 5.41 Å². The number of hydrogen-bond donors (Lipinski definition) is 1. The first kappa shape index (κ1) is 29.8. The van der Waals surface area contributed by atoms with Gasteiger partial charge in [0.2, 0.25) is 0 Å². The van der Waals surface area contributed by atoms with Crippen molar-refractivity contribution < 1.29 is 32.5 Å². The third-order valence-electron chi connectivity index (χ3n) is 8.01. The summed E-state index contributed by atoms with van der Waals surface area (Å²) in [7, 11) is 0. The molecule has 1 saturated heterocycles. The number of carboxylic acids is 1. The van der Waals surface area contributed by atoms with E-state index in [2.05, 4.69) is 18.8 Å². The van der Waals surface area contributed by atoms with Crippen molar-refractivity contribution in [2.45, 2.75) is 32.9 Å². The quantitative estimate of drug-likeness (QED) is 0.204. The summed E-state index contributed by atoms with van der Waals surface area (Å²) in [6, 6.07) is 17.4. The fourth-order valence-electron chi connectivity index (χ4n) is 5.54. The minimum Gasteiger partial charge on any atom is -0.478 e. The van der Waals surface area contributed by atoms with Crippen LogP contribution >= 0.6 is 0 Å². The average Bonchev–Trinajstić information content (AvgIpc) is 3.54. The van der Waals surface area contributed by atoms with Gasteiger partial charge < -0.3 is 19.1 Å². The van der Waals surface area contributed by atoms with Crippen LogP contribution in [0.2, 0.25) is 0 Å². The molecule has 6 rings (SSSR count). The molecule has 0 unspecified atom stereocenters. The highest BCUT2D eigenvalue weighted by Gasteiger charge is 2.39. The van der Waals surface area contributed by atoms with Gasteiger partial charge in [-0.05, 0) is 60.2 Å². The number of carboxylic acid groups (broad SMARTS) is 1. The minimum absolute atomic E-state index is 0.105. The van der Waals surface area contributed by atoms with Crippen molar-refractivity contribution in [3.63, 3.8) is 0 Å². The maximum absolute atomic E-state index is 15.6. The highest BCUT2D eigenvalue weighted by atomic mass is 19.1. The fourth-order valence-corrected chi connectivity index (χ4v) is 5.54. The van der Waals surface area contributed by atoms with Crippen molar-refractivity contribution >= 4 is 17.0 Å². The number of rotatable bonds is 8. The smallest absolute Gasteiger partial charge is 0.335 e. The Morgan fingerprint density at radius 1 is 1.04 bits per heavy atom. The van der Waals surface area contributed by atoms with E-state index in [0.29, 0.717) is 35.6 Å². The van der Waals surface area contributed by atoms with Gasteiger partial charge in [0.1, 0.15) is 24.1 Å². The number of aromatic carboxylic acids is 1. The van der Waals surface area contributed by atoms with Crippen molar-refractivity contribution in [1.82, 2.24) is 14.5 Å². The van der Waals surface area contributed by atoms with Crippen molar-refractivity contribution in [3.05, 3.63) is 112 Å². The Balaban J connectivity index is 1.29. The molecule has 11 heteroatoms. The van der Waals surface area contributed by atoms with E-state index in [9.17, 15) is 18.7 Å². The molecule has 45 heavy (non-hydrogen) atoms. The van der Waals surface area contributed by atoms with Gasteiger partial charge in [0.15, 0.2) is 5.82 Å². The molecular weight excluding hydrogens is 585 g/mol. The number of benzene rings is 3. The number of pyridine rings is 1. The van der Waals surface area contributed by atoms with Gasteiger partial charge in [-0.3, -0.25) is 0 Å². The predicted octanol–water partition coefficient (Wildman–Crippen LogP) is 6.85. The lowest BCUT2D eigenvalue weighted by atomic mass is 9.87. The molecule has 0 spiro atoms. The number of ether oxygens (including phenoxy) is 2. The number of imidazole rings is 1. The summed E-state index contributed by atoms with van der Waals surface area (Å²) < 4.78 is 57.6. The van der Waals surface area contributed by atoms with Crippen molar-refractivity contribution in [1.29, 1.82) is 5.26 Å². The van der Waals surface area contributed by atoms with Crippen LogP contribution in [-0.2, 0) is 17.8 Å². The molecule has 3 heterocycles. The maximum Gasteiger partial charge on any atom is 0.335 e. The second-order valence-corrected chi connectivity index (χ2v) is 11.6. The second-order valence-electron chi connectivity index (χ2n) is 11.6. The number of nitrogens with zero attached hydrogens (tertiary/aromatic N) is 4. The molecule has 8 nitrogen and oxygen atoms in total. The van der Waals surface area contributed by atoms with E-state index in [1.54, 1.807) is 18.2 Å². The summed E-state index contributed by atoms with van der Waals surface area (Å²) >= 11 is 0. The number of carbonyl (C=O) groups is 1. The monoisotopic (exact) mass is 612 g/mol. The molecule has 0 bridgehead atoms. The zero-order chi connectivity index (χ0) is 31.9. The predicted molar refractivity (Wildman–Crippen MR) is 158 cm³/mol. The summed E-state index contributed by atoms with van der Waals surface area (Å²) in [6.45, 7) is 4.75. The van der Waals surface area contributed by atoms with Crippen LogP contribution in [0.1, 0.15) is 52.8 Å². The molecule has 1 aliphatic heterocycles. The van der Waals surface area contributed by atoms with E-state index < -0.39 is 29.3 Å². The van der Waals surface area contributed by atoms with Crippen LogP contribution in [0.5, 0.6) is 5.88 Å². The van der Waals surface area contributed by atoms with Gasteiger partial charge in [-0.15, -0.1) is 0 Å². The standard InChI is InChI=1S/C34H27F3N4O4/c1-34(2)18-44-17-30(34)41-29-14-21(33(42)43)6-9-28(29)39-31(41)13-19-4-7-23(26(37)11-19)27-10-8-24(35)32(40-27)45-16-22-5-3-20(15-38)12-25(22)36/h3-12,14,30H,13,16-18H2,1-2H3,(H,42,43)/t30-/m1/s1. The SMILES string of the molecule is CC1(C)COC[C@H]1n1c(Cc2ccc(-c3ccc(F)c(OCc4ccc(C#N)cc4F)n3)c(F)c2)nc2ccc(C(=O)O)cc21. The van der Waals surface area contributed by atoms with Crippen LogP contribution in [0.4, 0.5) is 13.2 Å². The lowest BCUT2D eigenvalue weighted by molar-refractivity contribution is 0.0697. The normalized spacial score (nSPS) is 15.7. The molecule has 2 aromatic heterocycles. The van der Waals surface area contributed by atoms with E-state index >= 15 is 4.39 Å². The average molecular weight is 613 g/mol. The first-order chi connectivity index (χ1) is 21.5. The molecule has 1 fully saturated rings. The molecule has 0 saturated carbocycles. The maximum atomic E-state index is 15.6. The van der Waals surface area contributed by atoms with Crippen LogP contribution in [0.3, 0.4) is 0 Å². The number of hydrogen-bond acceptors (Lipinski definition) is 6. The van der Waals surface area contributed by atoms with Gasteiger partial charge in [0.25, 0.3) is 5.88 Å². The summed E-state index contributed by atoms with van der Waals surface area (Å²) in [5.74, 6) is -2.91. The van der Waals surface area contributed by atoms with Gasteiger partial charge in [-0.25, -0.2) is 27.9 Å². The summed E-state index contributed by atoms with van der Waals surface area (Å²) in [5.41, 5.74) is 2.26. The molecular formula is C34H27F3N4O4. The molecule has 0 radical (unpaired) electrons. The minimum atomic E-state index is -1.05. The lowest BCUT2D eigenvalue weighted by Gasteiger charge is -2.28. The van der Waals surface area contributed by atoms with Crippen LogP contribution in [-0.4, -0.2) is 38.8 Å². The zero-order valence-electron chi connectivity index (χ0n) is 24.4. The highest BCUT2D eigenvalue weighted by Crippen LogP contribution is 2.40. The Bertz CT molecular complexity index is 2000. The first-order valence-corrected chi connectivity index (χ1v) is 14.1. The van der Waals surface area contributed by atoms with Crippen LogP contribution in [0.15, 0.2) is 66.7 Å². The van der Waals surface area contributed by atoms with Crippen LogP contribution in [0.25, 0.3) is 22.3 Å². The molecule has 5 aromatic rings. The van der Waals surface area contributed by atoms with Gasteiger partial charge in [-0.2, -0.15) is 5.26 Å². The molecule has 3 aromatic carbocycles. The zero-order valence-corrected chi connectivity index (χ0v) is 24.4. The lowest BCUT2D eigenvalue weighted by Crippen LogP contribution is -2.27. The Kier molecular flexibility index (Phi) is 7.76. The van der Waals surface area contributed by atoms with Crippen LogP contribution in [0, 0.1) is 34.2 Å². The molecule has 0 aliphatic carbocycles.